The van der Waals surface area contributed by atoms with Crippen molar-refractivity contribution in [3.05, 3.63) is 63.0 Å². The number of carbonyl (C=O) groups is 2. The second kappa shape index (κ2) is 8.39. The first kappa shape index (κ1) is 18.6. The second-order valence-electron chi connectivity index (χ2n) is 5.10. The smallest absolute Gasteiger partial charge is 0.349 e. The molecule has 1 heterocycles. The SMILES string of the molecule is CCN(CC)C(=O)[C@@H](OC(=O)c1ccc([N+](=O)[O-])s1)c1ccccc1. The van der Waals surface area contributed by atoms with Crippen molar-refractivity contribution in [1.82, 2.24) is 4.90 Å². The van der Waals surface area contributed by atoms with Crippen LogP contribution in [-0.2, 0) is 9.53 Å². The van der Waals surface area contributed by atoms with Crippen LogP contribution in [0.1, 0.15) is 35.2 Å². The van der Waals surface area contributed by atoms with E-state index in [0.717, 1.165) is 11.3 Å². The van der Waals surface area contributed by atoms with E-state index in [1.807, 2.05) is 13.8 Å². The summed E-state index contributed by atoms with van der Waals surface area (Å²) in [5.41, 5.74) is 0.554. The van der Waals surface area contributed by atoms with Crippen LogP contribution in [0.15, 0.2) is 42.5 Å². The van der Waals surface area contributed by atoms with Gasteiger partial charge < -0.3 is 9.64 Å². The highest BCUT2D eigenvalue weighted by molar-refractivity contribution is 7.17. The molecule has 0 spiro atoms. The Morgan fingerprint density at radius 3 is 2.32 bits per heavy atom. The van der Waals surface area contributed by atoms with Crippen molar-refractivity contribution >= 4 is 28.2 Å². The van der Waals surface area contributed by atoms with Gasteiger partial charge in [0.2, 0.25) is 6.10 Å². The van der Waals surface area contributed by atoms with Gasteiger partial charge in [0, 0.05) is 24.7 Å². The van der Waals surface area contributed by atoms with Gasteiger partial charge in [-0.05, 0) is 19.9 Å². The third-order valence-electron chi connectivity index (χ3n) is 3.60. The molecule has 0 aliphatic heterocycles. The summed E-state index contributed by atoms with van der Waals surface area (Å²) >= 11 is 0.719. The van der Waals surface area contributed by atoms with E-state index in [1.54, 1.807) is 35.2 Å². The van der Waals surface area contributed by atoms with Gasteiger partial charge in [-0.25, -0.2) is 4.79 Å². The molecule has 2 rings (SSSR count). The summed E-state index contributed by atoms with van der Waals surface area (Å²) < 4.78 is 5.42. The number of carbonyl (C=O) groups excluding carboxylic acids is 2. The van der Waals surface area contributed by atoms with Crippen molar-refractivity contribution in [3.8, 4) is 0 Å². The number of esters is 1. The lowest BCUT2D eigenvalue weighted by molar-refractivity contribution is -0.380. The Kier molecular flexibility index (Phi) is 6.24. The van der Waals surface area contributed by atoms with Gasteiger partial charge in [-0.2, -0.15) is 0 Å². The minimum Gasteiger partial charge on any atom is -0.443 e. The van der Waals surface area contributed by atoms with Gasteiger partial charge in [0.25, 0.3) is 5.91 Å². The molecule has 25 heavy (non-hydrogen) atoms. The Morgan fingerprint density at radius 2 is 1.80 bits per heavy atom. The number of hydrogen-bond donors (Lipinski definition) is 0. The van der Waals surface area contributed by atoms with Crippen LogP contribution in [0.5, 0.6) is 0 Å². The zero-order valence-corrected chi connectivity index (χ0v) is 14.7. The minimum absolute atomic E-state index is 0.0833. The number of benzene rings is 1. The average Bonchev–Trinajstić information content (AvgIpc) is 3.11. The highest BCUT2D eigenvalue weighted by Crippen LogP contribution is 2.27. The fraction of sp³-hybridized carbons (Fsp3) is 0.294. The number of nitrogens with zero attached hydrogens (tertiary/aromatic N) is 2. The topological polar surface area (TPSA) is 89.8 Å². The number of thiophene rings is 1. The summed E-state index contributed by atoms with van der Waals surface area (Å²) in [6.07, 6.45) is -1.09. The number of amides is 1. The Morgan fingerprint density at radius 1 is 1.16 bits per heavy atom. The third-order valence-corrected chi connectivity index (χ3v) is 4.62. The molecule has 132 valence electrons. The molecular formula is C17H18N2O5S. The Hall–Kier alpha value is -2.74. The van der Waals surface area contributed by atoms with E-state index >= 15 is 0 Å². The number of hydrogen-bond acceptors (Lipinski definition) is 6. The van der Waals surface area contributed by atoms with E-state index in [-0.39, 0.29) is 15.8 Å². The molecule has 0 N–H and O–H groups in total. The van der Waals surface area contributed by atoms with Crippen LogP contribution >= 0.6 is 11.3 Å². The number of rotatable bonds is 7. The van der Waals surface area contributed by atoms with E-state index in [4.69, 9.17) is 4.74 Å². The summed E-state index contributed by atoms with van der Waals surface area (Å²) in [7, 11) is 0. The monoisotopic (exact) mass is 362 g/mol. The lowest BCUT2D eigenvalue weighted by Gasteiger charge is -2.25. The molecule has 1 amide bonds. The molecule has 1 aromatic heterocycles. The number of likely N-dealkylation sites (N-methyl/N-ethyl adjacent to an activating group) is 1. The molecule has 0 saturated carbocycles. The zero-order valence-electron chi connectivity index (χ0n) is 13.9. The predicted molar refractivity (Wildman–Crippen MR) is 93.5 cm³/mol. The summed E-state index contributed by atoms with van der Waals surface area (Å²) in [5, 5.41) is 10.6. The van der Waals surface area contributed by atoms with E-state index in [1.165, 1.54) is 12.1 Å². The molecule has 0 radical (unpaired) electrons. The first-order chi connectivity index (χ1) is 12.0. The van der Waals surface area contributed by atoms with Crippen molar-refractivity contribution in [2.75, 3.05) is 13.1 Å². The van der Waals surface area contributed by atoms with Gasteiger partial charge in [0.15, 0.2) is 0 Å². The van der Waals surface area contributed by atoms with Crippen LogP contribution in [0.2, 0.25) is 0 Å². The van der Waals surface area contributed by atoms with E-state index in [0.29, 0.717) is 18.7 Å². The highest BCUT2D eigenvalue weighted by Gasteiger charge is 2.29. The van der Waals surface area contributed by atoms with Crippen LogP contribution < -0.4 is 0 Å². The van der Waals surface area contributed by atoms with Crippen LogP contribution in [0, 0.1) is 10.1 Å². The van der Waals surface area contributed by atoms with Gasteiger partial charge in [-0.1, -0.05) is 41.7 Å². The summed E-state index contributed by atoms with van der Waals surface area (Å²) in [6.45, 7) is 4.66. The molecule has 8 heteroatoms. The van der Waals surface area contributed by atoms with Gasteiger partial charge in [0.1, 0.15) is 4.88 Å². The van der Waals surface area contributed by atoms with Gasteiger partial charge in [0.05, 0.1) is 4.92 Å². The Bertz CT molecular complexity index is 755. The quantitative estimate of drug-likeness (QED) is 0.428. The first-order valence-electron chi connectivity index (χ1n) is 7.76. The van der Waals surface area contributed by atoms with Crippen LogP contribution in [0.3, 0.4) is 0 Å². The molecule has 7 nitrogen and oxygen atoms in total. The molecule has 2 aromatic rings. The largest absolute Gasteiger partial charge is 0.443 e. The molecule has 1 atom stereocenters. The lowest BCUT2D eigenvalue weighted by Crippen LogP contribution is -2.36. The second-order valence-corrected chi connectivity index (χ2v) is 6.16. The zero-order chi connectivity index (χ0) is 18.4. The van der Waals surface area contributed by atoms with Crippen LogP contribution in [-0.4, -0.2) is 34.8 Å². The summed E-state index contributed by atoms with van der Waals surface area (Å²) in [4.78, 5) is 36.9. The summed E-state index contributed by atoms with van der Waals surface area (Å²) in [5.74, 6) is -1.08. The Labute approximate surface area is 149 Å². The molecule has 0 aliphatic rings. The van der Waals surface area contributed by atoms with Gasteiger partial charge in [-0.3, -0.25) is 14.9 Å². The molecule has 0 unspecified atom stereocenters. The van der Waals surface area contributed by atoms with E-state index in [2.05, 4.69) is 0 Å². The van der Waals surface area contributed by atoms with Gasteiger partial charge in [-0.15, -0.1) is 0 Å². The highest BCUT2D eigenvalue weighted by atomic mass is 32.1. The van der Waals surface area contributed by atoms with Crippen molar-refractivity contribution in [2.45, 2.75) is 20.0 Å². The Balaban J connectivity index is 2.27. The minimum atomic E-state index is -1.09. The summed E-state index contributed by atoms with van der Waals surface area (Å²) in [6, 6.07) is 11.3. The maximum Gasteiger partial charge on any atom is 0.349 e. The van der Waals surface area contributed by atoms with Crippen LogP contribution in [0.25, 0.3) is 0 Å². The normalized spacial score (nSPS) is 11.6. The van der Waals surface area contributed by atoms with Crippen molar-refractivity contribution in [1.29, 1.82) is 0 Å². The third kappa shape index (κ3) is 4.42. The number of ether oxygens (including phenoxy) is 1. The molecule has 0 bridgehead atoms. The number of nitro groups is 1. The van der Waals surface area contributed by atoms with Crippen molar-refractivity contribution in [2.24, 2.45) is 0 Å². The predicted octanol–water partition coefficient (Wildman–Crippen LogP) is 3.42. The maximum absolute atomic E-state index is 12.7. The molecule has 0 fully saturated rings. The molecule has 1 aromatic carbocycles. The van der Waals surface area contributed by atoms with Crippen LogP contribution in [0.4, 0.5) is 5.00 Å². The maximum atomic E-state index is 12.7. The standard InChI is InChI=1S/C17H18N2O5S/c1-3-18(4-2)16(20)15(12-8-6-5-7-9-12)24-17(21)13-10-11-14(25-13)19(22)23/h5-11,15H,3-4H2,1-2H3/t15-/m0/s1. The van der Waals surface area contributed by atoms with Crippen molar-refractivity contribution < 1.29 is 19.2 Å². The van der Waals surface area contributed by atoms with E-state index in [9.17, 15) is 19.7 Å². The first-order valence-corrected chi connectivity index (χ1v) is 8.58. The average molecular weight is 362 g/mol. The van der Waals surface area contributed by atoms with E-state index < -0.39 is 17.0 Å². The molecular weight excluding hydrogens is 344 g/mol. The fourth-order valence-corrected chi connectivity index (χ4v) is 2.99. The van der Waals surface area contributed by atoms with Gasteiger partial charge >= 0.3 is 11.0 Å². The molecule has 0 saturated heterocycles. The molecule has 0 aliphatic carbocycles. The fourth-order valence-electron chi connectivity index (χ4n) is 2.29. The lowest BCUT2D eigenvalue weighted by atomic mass is 10.1. The van der Waals surface area contributed by atoms with Crippen molar-refractivity contribution in [3.63, 3.8) is 0 Å².